The van der Waals surface area contributed by atoms with Crippen LogP contribution >= 0.6 is 0 Å². The van der Waals surface area contributed by atoms with E-state index in [1.54, 1.807) is 56.3 Å². The molecule has 14 atom stereocenters. The summed E-state index contributed by atoms with van der Waals surface area (Å²) in [7, 11) is 0. The summed E-state index contributed by atoms with van der Waals surface area (Å²) in [6, 6.07) is 2.04. The molecule has 3 aromatic rings. The molecular formula is C80H123N21O21. The maximum absolute atomic E-state index is 14.6. The summed E-state index contributed by atoms with van der Waals surface area (Å²) in [5.74, 6) is -16.4. The Bertz CT molecular complexity index is 3980. The average molecular weight is 1710 g/mol. The molecule has 1 aliphatic rings. The van der Waals surface area contributed by atoms with Crippen molar-refractivity contribution >= 4 is 101 Å². The molecule has 1 fully saturated rings. The first kappa shape index (κ1) is 102. The molecule has 1 saturated heterocycles. The van der Waals surface area contributed by atoms with Crippen LogP contribution in [0.15, 0.2) is 78.9 Å². The Morgan fingerprint density at radius 3 is 1.38 bits per heavy atom. The molecule has 42 nitrogen and oxygen atoms in total. The molecule has 30 N–H and O–H groups in total. The first-order valence-corrected chi connectivity index (χ1v) is 40.8. The molecule has 0 radical (unpaired) electrons. The van der Waals surface area contributed by atoms with E-state index in [0.717, 1.165) is 4.90 Å². The second kappa shape index (κ2) is 54.2. The summed E-state index contributed by atoms with van der Waals surface area (Å²) >= 11 is 0. The van der Waals surface area contributed by atoms with Crippen molar-refractivity contribution in [2.45, 2.75) is 228 Å². The van der Waals surface area contributed by atoms with Gasteiger partial charge in [-0.2, -0.15) is 0 Å². The van der Waals surface area contributed by atoms with Gasteiger partial charge >= 0.3 is 11.9 Å². The topological polar surface area (TPSA) is 700 Å². The van der Waals surface area contributed by atoms with Gasteiger partial charge < -0.3 is 134 Å². The number of aliphatic hydroxyl groups excluding tert-OH is 1. The van der Waals surface area contributed by atoms with Crippen LogP contribution < -0.4 is 103 Å². The monoisotopic (exact) mass is 1710 g/mol. The number of guanidine groups is 1. The van der Waals surface area contributed by atoms with Crippen LogP contribution in [-0.4, -0.2) is 262 Å². The number of nitrogens with one attached hydrogen (secondary N) is 15. The van der Waals surface area contributed by atoms with Crippen molar-refractivity contribution in [2.24, 2.45) is 34.6 Å². The first-order chi connectivity index (χ1) is 58.0. The Balaban J connectivity index is 1.43. The molecule has 1 heterocycles. The standard InChI is InChI=1S/C80H123N21O21/c1-5-45(2)66(77(119)96-55(20-10-13-35-82)74(116)97-58(79(121)122)22-15-37-87-80(85)86)100-75(117)56(21-11-14-36-83)95-73(115)54(19-9-12-34-81)94-67(109)47(4)91-72(114)57(32-33-65(107)108)92-63(105)42-89-71(113)61(44-102)99-76(118)62-23-16-38-101(62)78(120)60(41-50-26-30-52(104)31-27-50)93-64(106)43-88-70(112)59(40-48-17-7-6-8-18-48)98-68(110)46(3)90-69(111)53(84)39-49-24-28-51(103)29-25-49/h6-8,17-18,24-31,45-47,53-62,66,102-104H,5,9-16,19-23,32-44,81-84H2,1-4H3,(H,88,112)(H,89,113)(H,90,111)(H,91,114)(H,92,105)(H,93,106)(H,94,109)(H,95,115)(H,96,119)(H,97,116)(H,98,110)(H,99,118)(H,100,117)(H,107,108)(H,121,122)(H4,85,86,87)/t45-,46+,47-,53-,54-,55-,56-,57-,58-,59-,60-,61-,62-,66-/m0/s1. The Hall–Kier alpha value is -12.1. The molecular weight excluding hydrogens is 1590 g/mol. The lowest BCUT2D eigenvalue weighted by Crippen LogP contribution is -2.60. The summed E-state index contributed by atoms with van der Waals surface area (Å²) in [4.78, 5) is 220. The van der Waals surface area contributed by atoms with E-state index in [2.05, 4.69) is 74.4 Å². The van der Waals surface area contributed by atoms with E-state index in [1.165, 1.54) is 50.2 Å². The number of aromatic hydroxyl groups is 2. The SMILES string of the molecule is CC[C@H](C)[C@H](NC(=O)[C@H](CCCCN)NC(=O)[C@H](CCCCN)NC(=O)[C@H](C)NC(=O)[C@H](CCC(=O)O)NC(=O)CNC(=O)[C@H](CO)NC(=O)[C@@H]1CCCN1C(=O)[C@H](Cc1ccc(O)cc1)NC(=O)CNC(=O)[C@H](Cc1ccccc1)NC(=O)[C@@H](C)NC(=O)[C@@H](N)Cc1ccc(O)cc1)C(=O)N[C@@H](CCCCN)C(=O)N[C@@H](CCCNC(=N)N)C(=O)O. The van der Waals surface area contributed by atoms with Gasteiger partial charge in [-0.05, 0) is 177 Å². The van der Waals surface area contributed by atoms with Gasteiger partial charge in [0.05, 0.1) is 25.7 Å². The van der Waals surface area contributed by atoms with Gasteiger partial charge in [0.25, 0.3) is 0 Å². The number of carbonyl (C=O) groups is 16. The lowest BCUT2D eigenvalue weighted by Gasteiger charge is -2.30. The number of amides is 14. The molecule has 0 saturated carbocycles. The molecule has 1 aliphatic heterocycles. The van der Waals surface area contributed by atoms with Crippen molar-refractivity contribution in [3.05, 3.63) is 95.6 Å². The van der Waals surface area contributed by atoms with Gasteiger partial charge in [-0.3, -0.25) is 77.3 Å². The highest BCUT2D eigenvalue weighted by atomic mass is 16.4. The van der Waals surface area contributed by atoms with E-state index in [0.29, 0.717) is 48.8 Å². The van der Waals surface area contributed by atoms with Crippen LogP contribution in [0.3, 0.4) is 0 Å². The Labute approximate surface area is 707 Å². The second-order valence-electron chi connectivity index (χ2n) is 29.9. The van der Waals surface area contributed by atoms with Crippen molar-refractivity contribution in [3.8, 4) is 11.5 Å². The van der Waals surface area contributed by atoms with Crippen LogP contribution in [0.1, 0.15) is 147 Å². The Morgan fingerprint density at radius 1 is 0.459 bits per heavy atom. The fraction of sp³-hybridized carbons (Fsp3) is 0.562. The molecule has 0 aromatic heterocycles. The molecule has 0 aliphatic carbocycles. The van der Waals surface area contributed by atoms with E-state index >= 15 is 0 Å². The normalized spacial score (nSPS) is 15.5. The van der Waals surface area contributed by atoms with Crippen LogP contribution in [0.5, 0.6) is 11.5 Å². The lowest BCUT2D eigenvalue weighted by molar-refractivity contribution is -0.142. The number of carboxylic acids is 2. The minimum absolute atomic E-state index is 0.0142. The highest BCUT2D eigenvalue weighted by Gasteiger charge is 2.41. The summed E-state index contributed by atoms with van der Waals surface area (Å²) in [6.45, 7) is 3.95. The van der Waals surface area contributed by atoms with Gasteiger partial charge in [-0.25, -0.2) is 4.79 Å². The molecule has 4 rings (SSSR count). The predicted molar refractivity (Wildman–Crippen MR) is 444 cm³/mol. The van der Waals surface area contributed by atoms with E-state index in [1.807, 2.05) is 0 Å². The summed E-state index contributed by atoms with van der Waals surface area (Å²) < 4.78 is 0. The molecule has 3 aromatic carbocycles. The number of hydrogen-bond donors (Lipinski definition) is 25. The number of carbonyl (C=O) groups excluding carboxylic acids is 14. The number of nitrogens with two attached hydrogens (primary N) is 5. The highest BCUT2D eigenvalue weighted by Crippen LogP contribution is 2.22. The van der Waals surface area contributed by atoms with E-state index < -0.39 is 212 Å². The number of aliphatic hydroxyl groups is 1. The Morgan fingerprint density at radius 2 is 0.885 bits per heavy atom. The van der Waals surface area contributed by atoms with Gasteiger partial charge in [0.1, 0.15) is 84.0 Å². The van der Waals surface area contributed by atoms with Crippen molar-refractivity contribution in [2.75, 3.05) is 52.4 Å². The fourth-order valence-corrected chi connectivity index (χ4v) is 12.9. The van der Waals surface area contributed by atoms with Crippen LogP contribution in [0, 0.1) is 11.3 Å². The number of nitrogens with zero attached hydrogens (tertiary/aromatic N) is 1. The summed E-state index contributed by atoms with van der Waals surface area (Å²) in [5.41, 5.74) is 30.4. The minimum atomic E-state index is -1.78. The van der Waals surface area contributed by atoms with Crippen LogP contribution in [0.25, 0.3) is 0 Å². The molecule has 674 valence electrons. The average Bonchev–Trinajstić information content (AvgIpc) is 1.64. The maximum Gasteiger partial charge on any atom is 0.326 e. The maximum atomic E-state index is 14.6. The number of benzene rings is 3. The van der Waals surface area contributed by atoms with Gasteiger partial charge in [-0.15, -0.1) is 0 Å². The summed E-state index contributed by atoms with van der Waals surface area (Å²) in [5, 5.41) is 92.2. The van der Waals surface area contributed by atoms with Crippen LogP contribution in [-0.2, 0) is 96.0 Å². The van der Waals surface area contributed by atoms with Gasteiger partial charge in [0.15, 0.2) is 5.96 Å². The zero-order chi connectivity index (χ0) is 90.5. The third-order valence-corrected chi connectivity index (χ3v) is 20.1. The fourth-order valence-electron chi connectivity index (χ4n) is 12.9. The number of unbranched alkanes of at least 4 members (excludes halogenated alkanes) is 3. The zero-order valence-electron chi connectivity index (χ0n) is 69.3. The van der Waals surface area contributed by atoms with Gasteiger partial charge in [0, 0.05) is 32.4 Å². The zero-order valence-corrected chi connectivity index (χ0v) is 69.3. The van der Waals surface area contributed by atoms with Crippen molar-refractivity contribution < 1.29 is 102 Å². The number of likely N-dealkylation sites (tertiary alicyclic amines) is 1. The number of hydrogen-bond acceptors (Lipinski definition) is 24. The second-order valence-corrected chi connectivity index (χ2v) is 29.9. The smallest absolute Gasteiger partial charge is 0.326 e. The summed E-state index contributed by atoms with van der Waals surface area (Å²) in [6.07, 6.45) is 1.24. The Kier molecular flexibility index (Phi) is 45.4. The molecule has 14 amide bonds. The molecule has 0 unspecified atom stereocenters. The molecule has 42 heteroatoms. The van der Waals surface area contributed by atoms with Crippen molar-refractivity contribution in [3.63, 3.8) is 0 Å². The number of phenols is 2. The number of aliphatic carboxylic acids is 2. The van der Waals surface area contributed by atoms with Gasteiger partial charge in [0.2, 0.25) is 82.7 Å². The third kappa shape index (κ3) is 36.8. The lowest BCUT2D eigenvalue weighted by atomic mass is 9.96. The van der Waals surface area contributed by atoms with E-state index in [-0.39, 0.29) is 127 Å². The molecule has 122 heavy (non-hydrogen) atoms. The van der Waals surface area contributed by atoms with Crippen LogP contribution in [0.4, 0.5) is 0 Å². The first-order valence-electron chi connectivity index (χ1n) is 40.8. The van der Waals surface area contributed by atoms with E-state index in [4.69, 9.17) is 34.1 Å². The van der Waals surface area contributed by atoms with Gasteiger partial charge in [-0.1, -0.05) is 74.9 Å². The van der Waals surface area contributed by atoms with Crippen molar-refractivity contribution in [1.29, 1.82) is 5.41 Å². The number of phenolic OH excluding ortho intramolecular Hbond substituents is 2. The van der Waals surface area contributed by atoms with Crippen LogP contribution in [0.2, 0.25) is 0 Å². The quantitative estimate of drug-likeness (QED) is 0.0143. The minimum Gasteiger partial charge on any atom is -0.508 e. The number of rotatable bonds is 56. The van der Waals surface area contributed by atoms with E-state index in [9.17, 15) is 102 Å². The predicted octanol–water partition coefficient (Wildman–Crippen LogP) is -5.31. The highest BCUT2D eigenvalue weighted by molar-refractivity contribution is 6.00. The molecule has 0 bridgehead atoms. The van der Waals surface area contributed by atoms with Crippen molar-refractivity contribution in [1.82, 2.24) is 79.3 Å². The molecule has 0 spiro atoms. The number of carboxylic acid groups (broad SMARTS) is 2. The largest absolute Gasteiger partial charge is 0.508 e. The third-order valence-electron chi connectivity index (χ3n) is 20.1.